The molecule has 1 aromatic carbocycles. The summed E-state index contributed by atoms with van der Waals surface area (Å²) in [5.74, 6) is 2.00. The maximum atomic E-state index is 4.18. The van der Waals surface area contributed by atoms with Gasteiger partial charge in [-0.15, -0.1) is 0 Å². The van der Waals surface area contributed by atoms with Gasteiger partial charge in [0.15, 0.2) is 0 Å². The fourth-order valence-electron chi connectivity index (χ4n) is 6.46. The van der Waals surface area contributed by atoms with Crippen molar-refractivity contribution in [3.63, 3.8) is 0 Å². The van der Waals surface area contributed by atoms with Crippen LogP contribution in [-0.4, -0.2) is 0 Å². The van der Waals surface area contributed by atoms with Crippen molar-refractivity contribution < 1.29 is 0 Å². The zero-order chi connectivity index (χ0) is 14.8. The SMILES string of the molecule is Cc1ccc(C)c(C(Br)C23CC4CC(CC(C)(C4)C2)C3)c1. The normalized spacial score (nSPS) is 42.3. The monoisotopic (exact) mass is 346 g/mol. The van der Waals surface area contributed by atoms with Gasteiger partial charge in [-0.2, -0.15) is 0 Å². The highest BCUT2D eigenvalue weighted by Gasteiger charge is 2.58. The van der Waals surface area contributed by atoms with E-state index >= 15 is 0 Å². The molecule has 4 aliphatic carbocycles. The highest BCUT2D eigenvalue weighted by molar-refractivity contribution is 9.09. The Morgan fingerprint density at radius 3 is 2.38 bits per heavy atom. The summed E-state index contributed by atoms with van der Waals surface area (Å²) in [5.41, 5.74) is 5.57. The Hall–Kier alpha value is -0.300. The van der Waals surface area contributed by atoms with E-state index in [4.69, 9.17) is 0 Å². The van der Waals surface area contributed by atoms with Crippen LogP contribution in [0.25, 0.3) is 0 Å². The van der Waals surface area contributed by atoms with Crippen LogP contribution < -0.4 is 0 Å². The van der Waals surface area contributed by atoms with Gasteiger partial charge < -0.3 is 0 Å². The molecule has 4 aliphatic rings. The molecule has 114 valence electrons. The topological polar surface area (TPSA) is 0 Å². The summed E-state index contributed by atoms with van der Waals surface area (Å²) in [5, 5.41) is 0. The van der Waals surface area contributed by atoms with Gasteiger partial charge in [0, 0.05) is 4.83 Å². The van der Waals surface area contributed by atoms with Gasteiger partial charge >= 0.3 is 0 Å². The Bertz CT molecular complexity index is 559. The predicted octanol–water partition coefficient (Wildman–Crippen LogP) is 6.35. The largest absolute Gasteiger partial charge is 0.0833 e. The van der Waals surface area contributed by atoms with E-state index in [-0.39, 0.29) is 0 Å². The number of benzene rings is 1. The minimum Gasteiger partial charge on any atom is -0.0833 e. The molecule has 21 heavy (non-hydrogen) atoms. The second kappa shape index (κ2) is 4.60. The molecule has 4 fully saturated rings. The molecule has 0 aromatic heterocycles. The first kappa shape index (κ1) is 14.3. The van der Waals surface area contributed by atoms with E-state index in [1.165, 1.54) is 49.7 Å². The summed E-state index contributed by atoms with van der Waals surface area (Å²) in [6.07, 6.45) is 8.88. The van der Waals surface area contributed by atoms with Crippen LogP contribution >= 0.6 is 15.9 Å². The second-order valence-corrected chi connectivity index (χ2v) is 9.77. The lowest BCUT2D eigenvalue weighted by Gasteiger charge is -2.63. The Kier molecular flexibility index (Phi) is 3.13. The third kappa shape index (κ3) is 2.22. The minimum atomic E-state index is 0.525. The van der Waals surface area contributed by atoms with Gasteiger partial charge in [0.2, 0.25) is 0 Å². The highest BCUT2D eigenvalue weighted by atomic mass is 79.9. The summed E-state index contributed by atoms with van der Waals surface area (Å²) in [6, 6.07) is 6.98. The Morgan fingerprint density at radius 1 is 1.10 bits per heavy atom. The smallest absolute Gasteiger partial charge is 0.0454 e. The van der Waals surface area contributed by atoms with Crippen LogP contribution in [0.3, 0.4) is 0 Å². The summed E-state index contributed by atoms with van der Waals surface area (Å²) in [7, 11) is 0. The molecule has 5 rings (SSSR count). The minimum absolute atomic E-state index is 0.525. The number of aryl methyl sites for hydroxylation is 2. The molecule has 1 heteroatoms. The maximum Gasteiger partial charge on any atom is 0.0454 e. The highest BCUT2D eigenvalue weighted by Crippen LogP contribution is 2.69. The fourth-order valence-corrected chi connectivity index (χ4v) is 7.49. The summed E-state index contributed by atoms with van der Waals surface area (Å²) >= 11 is 4.18. The number of halogens is 1. The van der Waals surface area contributed by atoms with Gasteiger partial charge in [0.1, 0.15) is 0 Å². The lowest BCUT2D eigenvalue weighted by Crippen LogP contribution is -2.52. The number of rotatable bonds is 2. The summed E-state index contributed by atoms with van der Waals surface area (Å²) in [6.45, 7) is 7.08. The van der Waals surface area contributed by atoms with Gasteiger partial charge in [-0.05, 0) is 86.2 Å². The molecule has 3 unspecified atom stereocenters. The van der Waals surface area contributed by atoms with Crippen molar-refractivity contribution in [2.24, 2.45) is 22.7 Å². The zero-order valence-corrected chi connectivity index (χ0v) is 15.2. The predicted molar refractivity (Wildman–Crippen MR) is 92.8 cm³/mol. The number of hydrogen-bond acceptors (Lipinski definition) is 0. The lowest BCUT2D eigenvalue weighted by molar-refractivity contribution is -0.102. The van der Waals surface area contributed by atoms with Crippen LogP contribution in [0.2, 0.25) is 0 Å². The molecular weight excluding hydrogens is 320 g/mol. The molecule has 0 amide bonds. The average molecular weight is 347 g/mol. The number of hydrogen-bond donors (Lipinski definition) is 0. The average Bonchev–Trinajstić information content (AvgIpc) is 2.38. The molecule has 0 aliphatic heterocycles. The van der Waals surface area contributed by atoms with Crippen molar-refractivity contribution >= 4 is 15.9 Å². The van der Waals surface area contributed by atoms with E-state index in [2.05, 4.69) is 54.9 Å². The fraction of sp³-hybridized carbons (Fsp3) is 0.700. The molecule has 4 saturated carbocycles. The van der Waals surface area contributed by atoms with E-state index in [0.717, 1.165) is 11.8 Å². The molecule has 0 N–H and O–H groups in total. The standard InChI is InChI=1S/C20H27Br/c1-13-4-5-14(2)17(6-13)18(21)20-10-15-7-16(11-20)9-19(3,8-15)12-20/h4-6,15-16,18H,7-12H2,1-3H3. The lowest BCUT2D eigenvalue weighted by atomic mass is 9.43. The first-order valence-electron chi connectivity index (χ1n) is 8.60. The Morgan fingerprint density at radius 2 is 1.76 bits per heavy atom. The molecule has 1 aromatic rings. The molecular formula is C20H27Br. The van der Waals surface area contributed by atoms with Gasteiger partial charge in [0.25, 0.3) is 0 Å². The molecule has 0 heterocycles. The van der Waals surface area contributed by atoms with Crippen molar-refractivity contribution in [1.29, 1.82) is 0 Å². The molecule has 0 saturated heterocycles. The van der Waals surface area contributed by atoms with Crippen LogP contribution in [-0.2, 0) is 0 Å². The Labute approximate surface area is 137 Å². The van der Waals surface area contributed by atoms with Crippen molar-refractivity contribution in [2.75, 3.05) is 0 Å². The second-order valence-electron chi connectivity index (χ2n) is 8.86. The number of alkyl halides is 1. The van der Waals surface area contributed by atoms with E-state index in [1.54, 1.807) is 5.56 Å². The van der Waals surface area contributed by atoms with Crippen molar-refractivity contribution in [2.45, 2.75) is 64.1 Å². The van der Waals surface area contributed by atoms with Crippen molar-refractivity contribution in [3.05, 3.63) is 34.9 Å². The van der Waals surface area contributed by atoms with Gasteiger partial charge in [0.05, 0.1) is 0 Å². The van der Waals surface area contributed by atoms with E-state index < -0.39 is 0 Å². The molecule has 0 radical (unpaired) electrons. The quantitative estimate of drug-likeness (QED) is 0.547. The Balaban J connectivity index is 1.73. The third-order valence-electron chi connectivity index (χ3n) is 6.64. The van der Waals surface area contributed by atoms with Gasteiger partial charge in [-0.1, -0.05) is 46.6 Å². The van der Waals surface area contributed by atoms with E-state index in [9.17, 15) is 0 Å². The third-order valence-corrected chi connectivity index (χ3v) is 8.11. The van der Waals surface area contributed by atoms with Crippen LogP contribution in [0.4, 0.5) is 0 Å². The summed E-state index contributed by atoms with van der Waals surface area (Å²) in [4.78, 5) is 0.551. The van der Waals surface area contributed by atoms with E-state index in [1.807, 2.05) is 0 Å². The van der Waals surface area contributed by atoms with Crippen LogP contribution in [0.5, 0.6) is 0 Å². The maximum absolute atomic E-state index is 4.18. The molecule has 0 nitrogen and oxygen atoms in total. The van der Waals surface area contributed by atoms with Gasteiger partial charge in [-0.3, -0.25) is 0 Å². The van der Waals surface area contributed by atoms with Crippen LogP contribution in [0.15, 0.2) is 18.2 Å². The molecule has 0 spiro atoms. The van der Waals surface area contributed by atoms with Crippen LogP contribution in [0.1, 0.15) is 67.0 Å². The van der Waals surface area contributed by atoms with Crippen molar-refractivity contribution in [3.8, 4) is 0 Å². The molecule has 4 bridgehead atoms. The molecule has 3 atom stereocenters. The summed E-state index contributed by atoms with van der Waals surface area (Å²) < 4.78 is 0. The van der Waals surface area contributed by atoms with E-state index in [0.29, 0.717) is 15.7 Å². The van der Waals surface area contributed by atoms with Crippen LogP contribution in [0, 0.1) is 36.5 Å². The van der Waals surface area contributed by atoms with Gasteiger partial charge in [-0.25, -0.2) is 0 Å². The first-order chi connectivity index (χ1) is 9.89. The zero-order valence-electron chi connectivity index (χ0n) is 13.6. The first-order valence-corrected chi connectivity index (χ1v) is 9.52. The van der Waals surface area contributed by atoms with Crippen molar-refractivity contribution in [1.82, 2.24) is 0 Å².